The number of rotatable bonds is 7. The fourth-order valence-corrected chi connectivity index (χ4v) is 3.36. The Morgan fingerprint density at radius 2 is 1.53 bits per heavy atom. The van der Waals surface area contributed by atoms with Crippen LogP contribution in [0.4, 0.5) is 21.5 Å². The quantitative estimate of drug-likeness (QED) is 0.366. The Kier molecular flexibility index (Phi) is 6.63. The molecule has 0 aromatic heterocycles. The lowest BCUT2D eigenvalue weighted by Gasteiger charge is -2.26. The lowest BCUT2D eigenvalue weighted by atomic mass is 10.1. The predicted molar refractivity (Wildman–Crippen MR) is 123 cm³/mol. The number of benzene rings is 3. The van der Waals surface area contributed by atoms with E-state index in [2.05, 4.69) is 16.0 Å². The second-order valence-electron chi connectivity index (χ2n) is 7.57. The maximum Gasteiger partial charge on any atom is 0.338 e. The summed E-state index contributed by atoms with van der Waals surface area (Å²) in [4.78, 5) is 48.9. The minimum Gasteiger partial charge on any atom is -0.454 e. The number of amides is 2. The van der Waals surface area contributed by atoms with Crippen molar-refractivity contribution in [3.63, 3.8) is 0 Å². The van der Waals surface area contributed by atoms with E-state index in [1.165, 1.54) is 36.4 Å². The smallest absolute Gasteiger partial charge is 0.338 e. The van der Waals surface area contributed by atoms with E-state index >= 15 is 0 Å². The highest BCUT2D eigenvalue weighted by Crippen LogP contribution is 2.26. The summed E-state index contributed by atoms with van der Waals surface area (Å²) in [6, 6.07) is 17.3. The zero-order chi connectivity index (χ0) is 24.1. The third kappa shape index (κ3) is 5.44. The van der Waals surface area contributed by atoms with Crippen LogP contribution < -0.4 is 16.0 Å². The molecule has 1 heterocycles. The largest absolute Gasteiger partial charge is 0.454 e. The van der Waals surface area contributed by atoms with Crippen molar-refractivity contribution in [1.29, 1.82) is 0 Å². The lowest BCUT2D eigenvalue weighted by Crippen LogP contribution is -2.41. The van der Waals surface area contributed by atoms with Gasteiger partial charge < -0.3 is 20.7 Å². The number of hydrogen-bond acceptors (Lipinski definition) is 6. The van der Waals surface area contributed by atoms with Crippen LogP contribution in [0.2, 0.25) is 0 Å². The maximum absolute atomic E-state index is 12.9. The second kappa shape index (κ2) is 9.95. The van der Waals surface area contributed by atoms with Crippen molar-refractivity contribution in [2.75, 3.05) is 22.6 Å². The van der Waals surface area contributed by atoms with E-state index < -0.39 is 30.2 Å². The van der Waals surface area contributed by atoms with Gasteiger partial charge in [-0.15, -0.1) is 0 Å². The molecule has 1 atom stereocenters. The fourth-order valence-electron chi connectivity index (χ4n) is 3.36. The molecule has 8 nitrogen and oxygen atoms in total. The summed E-state index contributed by atoms with van der Waals surface area (Å²) in [5, 5.41) is 8.48. The van der Waals surface area contributed by atoms with Crippen LogP contribution in [-0.2, 0) is 14.3 Å². The van der Waals surface area contributed by atoms with Crippen molar-refractivity contribution in [1.82, 2.24) is 0 Å². The Morgan fingerprint density at radius 3 is 2.24 bits per heavy atom. The number of carbonyl (C=O) groups is 4. The van der Waals surface area contributed by atoms with Crippen LogP contribution in [0.25, 0.3) is 0 Å². The van der Waals surface area contributed by atoms with Gasteiger partial charge in [0.25, 0.3) is 0 Å². The molecule has 0 radical (unpaired) electrons. The number of para-hydroxylation sites is 2. The Hall–Kier alpha value is -4.53. The molecule has 0 spiro atoms. The van der Waals surface area contributed by atoms with E-state index in [0.29, 0.717) is 11.4 Å². The molecule has 1 aliphatic rings. The summed E-state index contributed by atoms with van der Waals surface area (Å²) in [5.41, 5.74) is 2.25. The standard InChI is InChI=1S/C25H20FN3O5/c26-17-9-5-15(6-10-17)22(30)14-34-25(33)16-7-11-18(12-8-16)27-23(31)13-21-24(32)29-20-4-2-1-3-19(20)28-21/h1-12,21,28H,13-14H2,(H,27,31)(H,29,32)/t21-/m0/s1. The Labute approximate surface area is 194 Å². The summed E-state index contributed by atoms with van der Waals surface area (Å²) in [6.07, 6.45) is -0.0878. The van der Waals surface area contributed by atoms with Crippen LogP contribution >= 0.6 is 0 Å². The highest BCUT2D eigenvalue weighted by atomic mass is 19.1. The van der Waals surface area contributed by atoms with Crippen molar-refractivity contribution in [3.05, 3.63) is 89.7 Å². The molecule has 0 saturated heterocycles. The van der Waals surface area contributed by atoms with Crippen molar-refractivity contribution >= 4 is 40.6 Å². The number of nitrogens with one attached hydrogen (secondary N) is 3. The molecule has 3 aromatic rings. The number of hydrogen-bond donors (Lipinski definition) is 3. The highest BCUT2D eigenvalue weighted by Gasteiger charge is 2.27. The summed E-state index contributed by atoms with van der Waals surface area (Å²) in [6.45, 7) is -0.484. The van der Waals surface area contributed by atoms with E-state index in [1.807, 2.05) is 12.1 Å². The Bertz CT molecular complexity index is 1240. The lowest BCUT2D eigenvalue weighted by molar-refractivity contribution is -0.122. The van der Waals surface area contributed by atoms with E-state index in [0.717, 1.165) is 17.8 Å². The van der Waals surface area contributed by atoms with Gasteiger partial charge in [-0.2, -0.15) is 0 Å². The molecular formula is C25H20FN3O5. The average molecular weight is 461 g/mol. The summed E-state index contributed by atoms with van der Waals surface area (Å²) < 4.78 is 18.0. The van der Waals surface area contributed by atoms with Crippen molar-refractivity contribution in [2.45, 2.75) is 12.5 Å². The van der Waals surface area contributed by atoms with E-state index in [4.69, 9.17) is 4.74 Å². The predicted octanol–water partition coefficient (Wildman–Crippen LogP) is 3.63. The third-order valence-corrected chi connectivity index (χ3v) is 5.13. The topological polar surface area (TPSA) is 114 Å². The van der Waals surface area contributed by atoms with Gasteiger partial charge in [0.05, 0.1) is 23.4 Å². The first-order valence-electron chi connectivity index (χ1n) is 10.4. The Morgan fingerprint density at radius 1 is 0.882 bits per heavy atom. The van der Waals surface area contributed by atoms with Crippen LogP contribution in [0.15, 0.2) is 72.8 Å². The molecule has 172 valence electrons. The van der Waals surface area contributed by atoms with Crippen LogP contribution in [0.5, 0.6) is 0 Å². The molecule has 0 aliphatic carbocycles. The van der Waals surface area contributed by atoms with Gasteiger partial charge in [-0.05, 0) is 60.7 Å². The first-order valence-corrected chi connectivity index (χ1v) is 10.4. The minimum absolute atomic E-state index is 0.0878. The summed E-state index contributed by atoms with van der Waals surface area (Å²) in [7, 11) is 0. The van der Waals surface area contributed by atoms with Gasteiger partial charge in [-0.25, -0.2) is 9.18 Å². The minimum atomic E-state index is -0.720. The Balaban J connectivity index is 1.28. The molecule has 4 rings (SSSR count). The van der Waals surface area contributed by atoms with Crippen molar-refractivity contribution in [3.8, 4) is 0 Å². The average Bonchev–Trinajstić information content (AvgIpc) is 2.83. The molecule has 3 N–H and O–H groups in total. The number of esters is 1. The number of ether oxygens (including phenoxy) is 1. The van der Waals surface area contributed by atoms with Gasteiger partial charge in [0.1, 0.15) is 11.9 Å². The highest BCUT2D eigenvalue weighted by molar-refractivity contribution is 6.06. The molecule has 0 fully saturated rings. The van der Waals surface area contributed by atoms with Gasteiger partial charge in [-0.1, -0.05) is 12.1 Å². The number of Topliss-reactive ketones (excluding diaryl/α,β-unsaturated/α-hetero) is 1. The number of carbonyl (C=O) groups excluding carboxylic acids is 4. The van der Waals surface area contributed by atoms with Crippen molar-refractivity contribution < 1.29 is 28.3 Å². The van der Waals surface area contributed by atoms with E-state index in [9.17, 15) is 23.6 Å². The van der Waals surface area contributed by atoms with Crippen LogP contribution in [0.1, 0.15) is 27.1 Å². The number of ketones is 1. The van der Waals surface area contributed by atoms with E-state index in [1.54, 1.807) is 12.1 Å². The van der Waals surface area contributed by atoms with E-state index in [-0.39, 0.29) is 29.4 Å². The number of fused-ring (bicyclic) bond motifs is 1. The second-order valence-corrected chi connectivity index (χ2v) is 7.57. The molecule has 34 heavy (non-hydrogen) atoms. The van der Waals surface area contributed by atoms with Crippen LogP contribution in [0, 0.1) is 5.82 Å². The molecule has 0 unspecified atom stereocenters. The van der Waals surface area contributed by atoms with Crippen molar-refractivity contribution in [2.24, 2.45) is 0 Å². The number of halogens is 1. The van der Waals surface area contributed by atoms with Gasteiger partial charge >= 0.3 is 5.97 Å². The fraction of sp³-hybridized carbons (Fsp3) is 0.120. The first kappa shape index (κ1) is 22.7. The molecule has 1 aliphatic heterocycles. The molecule has 0 bridgehead atoms. The number of anilines is 3. The van der Waals surface area contributed by atoms with Gasteiger partial charge in [0.15, 0.2) is 12.4 Å². The third-order valence-electron chi connectivity index (χ3n) is 5.13. The molecule has 9 heteroatoms. The molecule has 3 aromatic carbocycles. The van der Waals surface area contributed by atoms with Gasteiger partial charge in [-0.3, -0.25) is 14.4 Å². The first-order chi connectivity index (χ1) is 16.4. The SMILES string of the molecule is O=C(C[C@@H]1Nc2ccccc2NC1=O)Nc1ccc(C(=O)OCC(=O)c2ccc(F)cc2)cc1. The van der Waals surface area contributed by atoms with Gasteiger partial charge in [0, 0.05) is 11.3 Å². The molecule has 2 amide bonds. The molecular weight excluding hydrogens is 441 g/mol. The zero-order valence-electron chi connectivity index (χ0n) is 17.8. The normalized spacial score (nSPS) is 14.3. The van der Waals surface area contributed by atoms with Crippen LogP contribution in [-0.4, -0.2) is 36.2 Å². The van der Waals surface area contributed by atoms with Gasteiger partial charge in [0.2, 0.25) is 11.8 Å². The zero-order valence-corrected chi connectivity index (χ0v) is 17.8. The maximum atomic E-state index is 12.9. The summed E-state index contributed by atoms with van der Waals surface area (Å²) >= 11 is 0. The monoisotopic (exact) mass is 461 g/mol. The molecule has 0 saturated carbocycles. The summed E-state index contributed by atoms with van der Waals surface area (Å²) in [5.74, 6) is -2.32. The van der Waals surface area contributed by atoms with Crippen LogP contribution in [0.3, 0.4) is 0 Å².